The highest BCUT2D eigenvalue weighted by atomic mass is 32.2. The number of aliphatic hydroxyl groups excluding tert-OH is 1. The van der Waals surface area contributed by atoms with Crippen LogP contribution in [0.3, 0.4) is 0 Å². The van der Waals surface area contributed by atoms with E-state index < -0.39 is 28.0 Å². The predicted molar refractivity (Wildman–Crippen MR) is 142 cm³/mol. The molecule has 0 aromatic heterocycles. The van der Waals surface area contributed by atoms with Crippen LogP contribution in [0.5, 0.6) is 0 Å². The third-order valence-corrected chi connectivity index (χ3v) is 6.69. The number of carbonyl (C=O) groups is 1. The molecule has 0 heterocycles. The van der Waals surface area contributed by atoms with Crippen molar-refractivity contribution in [2.75, 3.05) is 5.75 Å². The molecule has 0 aliphatic rings. The first kappa shape index (κ1) is 32.8. The molecule has 34 heavy (non-hydrogen) atoms. The van der Waals surface area contributed by atoms with Gasteiger partial charge in [-0.15, -0.1) is 0 Å². The number of aliphatic hydroxyl groups is 1. The molecule has 0 spiro atoms. The van der Waals surface area contributed by atoms with Crippen LogP contribution in [-0.4, -0.2) is 41.9 Å². The number of hydrogen-bond acceptors (Lipinski definition) is 4. The molecular weight excluding hydrogens is 450 g/mol. The topological polar surface area (TPSA) is 104 Å². The molecule has 7 heteroatoms. The van der Waals surface area contributed by atoms with E-state index >= 15 is 0 Å². The van der Waals surface area contributed by atoms with Gasteiger partial charge in [0.15, 0.2) is 0 Å². The van der Waals surface area contributed by atoms with Crippen LogP contribution in [-0.2, 0) is 14.9 Å². The van der Waals surface area contributed by atoms with Gasteiger partial charge in [-0.05, 0) is 38.5 Å². The summed E-state index contributed by atoms with van der Waals surface area (Å²) in [4.78, 5) is 12.3. The van der Waals surface area contributed by atoms with Gasteiger partial charge in [0.2, 0.25) is 5.91 Å². The van der Waals surface area contributed by atoms with Gasteiger partial charge >= 0.3 is 0 Å². The number of hydrogen-bond donors (Lipinski definition) is 3. The summed E-state index contributed by atoms with van der Waals surface area (Å²) in [6.07, 6.45) is 24.5. The Bertz CT molecular complexity index is 645. The van der Waals surface area contributed by atoms with E-state index in [0.29, 0.717) is 12.8 Å². The molecule has 0 fully saturated rings. The van der Waals surface area contributed by atoms with Crippen LogP contribution in [0.2, 0.25) is 0 Å². The average Bonchev–Trinajstić information content (AvgIpc) is 2.77. The number of allylic oxidation sites excluding steroid dienone is 4. The minimum absolute atomic E-state index is 0.270. The van der Waals surface area contributed by atoms with Crippen molar-refractivity contribution in [3.8, 4) is 0 Å². The number of rotatable bonds is 23. The van der Waals surface area contributed by atoms with E-state index in [1.54, 1.807) is 0 Å². The number of nitrogens with one attached hydrogen (secondary N) is 1. The standard InChI is InChI=1S/C27H51NO5S/c1-3-5-7-9-10-11-12-13-14-15-16-17-19-21-23-27(30)28-25(24-34(31,32)33)26(29)22-20-18-8-6-4-2/h9-10,12-13,25-26,29H,3-8,11,14-24H2,1-2H3,(H,28,30)(H,31,32,33)/b10-9-,13-12-. The fourth-order valence-corrected chi connectivity index (χ4v) is 4.58. The van der Waals surface area contributed by atoms with Crippen LogP contribution in [0.25, 0.3) is 0 Å². The Morgan fingerprint density at radius 3 is 2.00 bits per heavy atom. The van der Waals surface area contributed by atoms with Crippen molar-refractivity contribution in [3.63, 3.8) is 0 Å². The molecule has 1 amide bonds. The molecule has 0 aromatic carbocycles. The van der Waals surface area contributed by atoms with Crippen molar-refractivity contribution in [1.82, 2.24) is 5.32 Å². The summed E-state index contributed by atoms with van der Waals surface area (Å²) in [6.45, 7) is 4.33. The quantitative estimate of drug-likeness (QED) is 0.0842. The third kappa shape index (κ3) is 22.6. The minimum Gasteiger partial charge on any atom is -0.391 e. The van der Waals surface area contributed by atoms with E-state index in [9.17, 15) is 22.9 Å². The van der Waals surface area contributed by atoms with E-state index in [1.807, 2.05) is 0 Å². The van der Waals surface area contributed by atoms with E-state index in [2.05, 4.69) is 43.5 Å². The molecule has 6 nitrogen and oxygen atoms in total. The maximum Gasteiger partial charge on any atom is 0.266 e. The van der Waals surface area contributed by atoms with Crippen molar-refractivity contribution in [1.29, 1.82) is 0 Å². The lowest BCUT2D eigenvalue weighted by molar-refractivity contribution is -0.122. The zero-order valence-corrected chi connectivity index (χ0v) is 22.5. The largest absolute Gasteiger partial charge is 0.391 e. The highest BCUT2D eigenvalue weighted by Gasteiger charge is 2.25. The van der Waals surface area contributed by atoms with Crippen molar-refractivity contribution in [2.24, 2.45) is 0 Å². The van der Waals surface area contributed by atoms with Crippen LogP contribution in [0.15, 0.2) is 24.3 Å². The minimum atomic E-state index is -4.29. The molecule has 2 atom stereocenters. The normalized spacial score (nSPS) is 14.1. The molecule has 3 N–H and O–H groups in total. The molecule has 2 unspecified atom stereocenters. The highest BCUT2D eigenvalue weighted by Crippen LogP contribution is 2.12. The van der Waals surface area contributed by atoms with E-state index in [-0.39, 0.29) is 5.91 Å². The monoisotopic (exact) mass is 501 g/mol. The molecule has 0 saturated carbocycles. The molecule has 0 aromatic rings. The van der Waals surface area contributed by atoms with Gasteiger partial charge in [-0.2, -0.15) is 8.42 Å². The van der Waals surface area contributed by atoms with E-state index in [4.69, 9.17) is 0 Å². The summed E-state index contributed by atoms with van der Waals surface area (Å²) in [6, 6.07) is -0.970. The molecule has 0 rings (SSSR count). The van der Waals surface area contributed by atoms with Crippen molar-refractivity contribution >= 4 is 16.0 Å². The fraction of sp³-hybridized carbons (Fsp3) is 0.815. The van der Waals surface area contributed by atoms with Gasteiger partial charge in [0, 0.05) is 6.42 Å². The van der Waals surface area contributed by atoms with E-state index in [0.717, 1.165) is 77.0 Å². The van der Waals surface area contributed by atoms with Crippen LogP contribution >= 0.6 is 0 Å². The Balaban J connectivity index is 4.02. The lowest BCUT2D eigenvalue weighted by Gasteiger charge is -2.23. The van der Waals surface area contributed by atoms with Gasteiger partial charge in [-0.3, -0.25) is 9.35 Å². The number of carbonyl (C=O) groups excluding carboxylic acids is 1. The van der Waals surface area contributed by atoms with Crippen molar-refractivity contribution in [2.45, 2.75) is 135 Å². The molecule has 0 radical (unpaired) electrons. The number of amides is 1. The molecule has 0 aliphatic heterocycles. The zero-order chi connectivity index (χ0) is 25.5. The number of unbranched alkanes of at least 4 members (excludes halogenated alkanes) is 11. The molecule has 200 valence electrons. The van der Waals surface area contributed by atoms with Gasteiger partial charge in [-0.1, -0.05) is 102 Å². The van der Waals surface area contributed by atoms with Crippen molar-refractivity contribution in [3.05, 3.63) is 24.3 Å². The second-order valence-electron chi connectivity index (χ2n) is 9.32. The molecule has 0 bridgehead atoms. The molecular formula is C27H51NO5S. The SMILES string of the molecule is CCCC/C=C\C/C=C\CCCCCCCC(=O)NC(CS(=O)(=O)O)C(O)CCCCCCC. The summed E-state index contributed by atoms with van der Waals surface area (Å²) in [7, 11) is -4.29. The first-order chi connectivity index (χ1) is 16.3. The second kappa shape index (κ2) is 22.3. The summed E-state index contributed by atoms with van der Waals surface area (Å²) < 4.78 is 31.9. The van der Waals surface area contributed by atoms with Gasteiger partial charge in [0.25, 0.3) is 10.1 Å². The molecule has 0 aliphatic carbocycles. The Morgan fingerprint density at radius 1 is 0.794 bits per heavy atom. The average molecular weight is 502 g/mol. The van der Waals surface area contributed by atoms with Gasteiger partial charge in [-0.25, -0.2) is 0 Å². The van der Waals surface area contributed by atoms with Crippen LogP contribution < -0.4 is 5.32 Å². The lowest BCUT2D eigenvalue weighted by atomic mass is 10.0. The Hall–Kier alpha value is -1.18. The van der Waals surface area contributed by atoms with Gasteiger partial charge in [0.1, 0.15) is 0 Å². The smallest absolute Gasteiger partial charge is 0.266 e. The Kier molecular flexibility index (Phi) is 21.5. The first-order valence-corrected chi connectivity index (χ1v) is 15.1. The predicted octanol–water partition coefficient (Wildman–Crippen LogP) is 6.50. The zero-order valence-electron chi connectivity index (χ0n) is 21.7. The fourth-order valence-electron chi connectivity index (χ4n) is 3.82. The summed E-state index contributed by atoms with van der Waals surface area (Å²) in [5, 5.41) is 13.0. The van der Waals surface area contributed by atoms with Crippen LogP contribution in [0, 0.1) is 0 Å². The second-order valence-corrected chi connectivity index (χ2v) is 10.8. The van der Waals surface area contributed by atoms with Crippen molar-refractivity contribution < 1.29 is 22.9 Å². The van der Waals surface area contributed by atoms with Crippen LogP contribution in [0.4, 0.5) is 0 Å². The van der Waals surface area contributed by atoms with Gasteiger partial charge in [0.05, 0.1) is 17.9 Å². The maximum atomic E-state index is 12.3. The Labute approximate surface area is 209 Å². The van der Waals surface area contributed by atoms with Gasteiger partial charge < -0.3 is 10.4 Å². The summed E-state index contributed by atoms with van der Waals surface area (Å²) in [5.41, 5.74) is 0. The maximum absolute atomic E-state index is 12.3. The summed E-state index contributed by atoms with van der Waals surface area (Å²) >= 11 is 0. The lowest BCUT2D eigenvalue weighted by Crippen LogP contribution is -2.47. The third-order valence-electron chi connectivity index (χ3n) is 5.91. The first-order valence-electron chi connectivity index (χ1n) is 13.5. The summed E-state index contributed by atoms with van der Waals surface area (Å²) in [5.74, 6) is -0.926. The highest BCUT2D eigenvalue weighted by molar-refractivity contribution is 7.85. The van der Waals surface area contributed by atoms with E-state index in [1.165, 1.54) is 19.3 Å². The Morgan fingerprint density at radius 2 is 1.35 bits per heavy atom. The van der Waals surface area contributed by atoms with Crippen LogP contribution in [0.1, 0.15) is 123 Å². The molecule has 0 saturated heterocycles.